The fraction of sp³-hybridized carbons (Fsp3) is 0.294. The van der Waals surface area contributed by atoms with Crippen molar-refractivity contribution in [2.75, 3.05) is 0 Å². The van der Waals surface area contributed by atoms with Crippen LogP contribution in [0.4, 0.5) is 0 Å². The average molecular weight is 283 g/mol. The van der Waals surface area contributed by atoms with Gasteiger partial charge in [-0.15, -0.1) is 0 Å². The molecule has 4 nitrogen and oxygen atoms in total. The number of fused-ring (bicyclic) bond motifs is 5. The molecule has 2 atom stereocenters. The van der Waals surface area contributed by atoms with Crippen LogP contribution in [0.1, 0.15) is 40.0 Å². The number of benzene rings is 1. The van der Waals surface area contributed by atoms with E-state index in [0.717, 1.165) is 22.4 Å². The predicted octanol–water partition coefficient (Wildman–Crippen LogP) is 3.50. The summed E-state index contributed by atoms with van der Waals surface area (Å²) in [6.07, 6.45) is 3.35. The van der Waals surface area contributed by atoms with Gasteiger partial charge in [0.05, 0.1) is 16.8 Å². The van der Waals surface area contributed by atoms with E-state index in [2.05, 4.69) is 12.1 Å². The lowest BCUT2D eigenvalue weighted by atomic mass is 10.0. The summed E-state index contributed by atoms with van der Waals surface area (Å²) in [7, 11) is 0. The third kappa shape index (κ3) is 1.48. The molecule has 2 aliphatic heterocycles. The first kappa shape index (κ1) is 12.5. The molecule has 1 aromatic carbocycles. The van der Waals surface area contributed by atoms with E-state index in [1.807, 2.05) is 32.9 Å². The minimum Gasteiger partial charge on any atom is -0.494 e. The monoisotopic (exact) mass is 283 g/mol. The second-order valence-corrected chi connectivity index (χ2v) is 5.92. The van der Waals surface area contributed by atoms with Crippen molar-refractivity contribution >= 4 is 0 Å². The number of aromatic hydroxyl groups is 2. The molecule has 108 valence electrons. The van der Waals surface area contributed by atoms with Gasteiger partial charge < -0.3 is 14.9 Å². The zero-order chi connectivity index (χ0) is 14.9. The Morgan fingerprint density at radius 1 is 0.905 bits per heavy atom. The molecule has 0 amide bonds. The first-order valence-electron chi connectivity index (χ1n) is 7.07. The van der Waals surface area contributed by atoms with Gasteiger partial charge >= 0.3 is 0 Å². The molecule has 4 rings (SSSR count). The summed E-state index contributed by atoms with van der Waals surface area (Å²) in [6, 6.07) is 4.10. The van der Waals surface area contributed by atoms with E-state index in [0.29, 0.717) is 11.1 Å². The van der Waals surface area contributed by atoms with E-state index in [1.165, 1.54) is 0 Å². The van der Waals surface area contributed by atoms with Crippen molar-refractivity contribution in [3.8, 4) is 17.4 Å². The summed E-state index contributed by atoms with van der Waals surface area (Å²) in [5, 5.41) is 21.2. The summed E-state index contributed by atoms with van der Waals surface area (Å²) in [5.74, 6) is 0.156. The zero-order valence-corrected chi connectivity index (χ0v) is 12.2. The lowest BCUT2D eigenvalue weighted by Gasteiger charge is -2.16. The summed E-state index contributed by atoms with van der Waals surface area (Å²) >= 11 is 0. The van der Waals surface area contributed by atoms with Crippen LogP contribution in [0.5, 0.6) is 11.8 Å². The fourth-order valence-corrected chi connectivity index (χ4v) is 3.66. The van der Waals surface area contributed by atoms with Gasteiger partial charge in [0.1, 0.15) is 12.2 Å². The van der Waals surface area contributed by atoms with Crippen molar-refractivity contribution in [2.45, 2.75) is 33.0 Å². The molecule has 0 fully saturated rings. The van der Waals surface area contributed by atoms with Crippen molar-refractivity contribution in [1.82, 2.24) is 4.57 Å². The number of hydrogen-bond acceptors (Lipinski definition) is 3. The molecular formula is C17H17NO3. The molecule has 2 aromatic rings. The van der Waals surface area contributed by atoms with Crippen LogP contribution in [0.15, 0.2) is 24.3 Å². The number of aromatic nitrogens is 1. The van der Waals surface area contributed by atoms with Crippen LogP contribution in [0, 0.1) is 20.8 Å². The molecule has 2 aliphatic rings. The van der Waals surface area contributed by atoms with Crippen molar-refractivity contribution in [3.63, 3.8) is 0 Å². The molecule has 0 aliphatic carbocycles. The molecule has 0 radical (unpaired) electrons. The van der Waals surface area contributed by atoms with E-state index < -0.39 is 0 Å². The highest BCUT2D eigenvalue weighted by atomic mass is 16.5. The molecule has 4 heteroatoms. The molecule has 0 spiro atoms. The summed E-state index contributed by atoms with van der Waals surface area (Å²) in [6.45, 7) is 6.02. The average Bonchev–Trinajstić information content (AvgIpc) is 3.06. The quantitative estimate of drug-likeness (QED) is 0.788. The highest BCUT2D eigenvalue weighted by Gasteiger charge is 2.42. The van der Waals surface area contributed by atoms with Crippen LogP contribution >= 0.6 is 0 Å². The van der Waals surface area contributed by atoms with Crippen molar-refractivity contribution in [3.05, 3.63) is 52.1 Å². The van der Waals surface area contributed by atoms with Gasteiger partial charge in [-0.25, -0.2) is 0 Å². The zero-order valence-electron chi connectivity index (χ0n) is 12.2. The molecule has 2 unspecified atom stereocenters. The van der Waals surface area contributed by atoms with Gasteiger partial charge in [0.25, 0.3) is 0 Å². The van der Waals surface area contributed by atoms with Gasteiger partial charge in [0, 0.05) is 0 Å². The lowest BCUT2D eigenvalue weighted by molar-refractivity contribution is 0.0842. The Balaban J connectivity index is 2.01. The van der Waals surface area contributed by atoms with Gasteiger partial charge in [0.15, 0.2) is 0 Å². The molecule has 1 aromatic heterocycles. The molecule has 21 heavy (non-hydrogen) atoms. The summed E-state index contributed by atoms with van der Waals surface area (Å²) in [5.41, 5.74) is 5.43. The Hall–Kier alpha value is -2.20. The third-order valence-electron chi connectivity index (χ3n) is 4.38. The molecule has 3 heterocycles. The van der Waals surface area contributed by atoms with Crippen molar-refractivity contribution in [1.29, 1.82) is 0 Å². The van der Waals surface area contributed by atoms with E-state index in [-0.39, 0.29) is 24.0 Å². The van der Waals surface area contributed by atoms with Crippen LogP contribution in [-0.2, 0) is 4.74 Å². The van der Waals surface area contributed by atoms with E-state index in [9.17, 15) is 10.2 Å². The van der Waals surface area contributed by atoms with E-state index in [1.54, 1.807) is 4.57 Å². The third-order valence-corrected chi connectivity index (χ3v) is 4.38. The Morgan fingerprint density at radius 3 is 1.86 bits per heavy atom. The smallest absolute Gasteiger partial charge is 0.205 e. The minimum absolute atomic E-state index is 0.0782. The Morgan fingerprint density at radius 2 is 1.38 bits per heavy atom. The number of ether oxygens (including phenoxy) is 1. The van der Waals surface area contributed by atoms with Crippen LogP contribution in [-0.4, -0.2) is 14.8 Å². The van der Waals surface area contributed by atoms with Crippen LogP contribution in [0.3, 0.4) is 0 Å². The number of nitrogens with zero attached hydrogens (tertiary/aromatic N) is 1. The van der Waals surface area contributed by atoms with E-state index >= 15 is 0 Å². The fourth-order valence-electron chi connectivity index (χ4n) is 3.66. The van der Waals surface area contributed by atoms with Crippen LogP contribution < -0.4 is 0 Å². The SMILES string of the molecule is Cc1cc(C)c(-n2c(O)c3c(c2O)C2C=CC3O2)c(C)c1. The van der Waals surface area contributed by atoms with Crippen molar-refractivity contribution < 1.29 is 14.9 Å². The Bertz CT molecular complexity index is 742. The van der Waals surface area contributed by atoms with Gasteiger partial charge in [-0.2, -0.15) is 0 Å². The maximum absolute atomic E-state index is 10.6. The topological polar surface area (TPSA) is 54.6 Å². The molecule has 2 bridgehead atoms. The van der Waals surface area contributed by atoms with Crippen LogP contribution in [0.2, 0.25) is 0 Å². The minimum atomic E-state index is -0.247. The number of aryl methyl sites for hydroxylation is 3. The first-order valence-corrected chi connectivity index (χ1v) is 7.07. The second kappa shape index (κ2) is 3.92. The van der Waals surface area contributed by atoms with Crippen molar-refractivity contribution in [2.24, 2.45) is 0 Å². The van der Waals surface area contributed by atoms with Crippen LogP contribution in [0.25, 0.3) is 5.69 Å². The number of hydrogen-bond donors (Lipinski definition) is 2. The Kier molecular flexibility index (Phi) is 2.34. The van der Waals surface area contributed by atoms with Gasteiger partial charge in [-0.1, -0.05) is 29.8 Å². The van der Waals surface area contributed by atoms with Gasteiger partial charge in [0.2, 0.25) is 11.8 Å². The Labute approximate surface area is 122 Å². The van der Waals surface area contributed by atoms with Gasteiger partial charge in [-0.3, -0.25) is 4.57 Å². The number of rotatable bonds is 1. The highest BCUT2D eigenvalue weighted by molar-refractivity contribution is 5.62. The van der Waals surface area contributed by atoms with E-state index in [4.69, 9.17) is 4.74 Å². The second-order valence-electron chi connectivity index (χ2n) is 5.92. The lowest BCUT2D eigenvalue weighted by Crippen LogP contribution is -2.02. The summed E-state index contributed by atoms with van der Waals surface area (Å²) < 4.78 is 7.22. The summed E-state index contributed by atoms with van der Waals surface area (Å²) in [4.78, 5) is 0. The first-order chi connectivity index (χ1) is 9.99. The standard InChI is InChI=1S/C17H17NO3/c1-8-6-9(2)15(10(3)7-8)18-16(19)13-11-4-5-12(21-11)14(13)17(18)20/h4-7,11-12,19-20H,1-3H3. The molecule has 2 N–H and O–H groups in total. The maximum atomic E-state index is 10.6. The molecule has 0 saturated heterocycles. The highest BCUT2D eigenvalue weighted by Crippen LogP contribution is 2.55. The largest absolute Gasteiger partial charge is 0.494 e. The molecule has 0 saturated carbocycles. The van der Waals surface area contributed by atoms with Gasteiger partial charge in [-0.05, 0) is 31.9 Å². The normalized spacial score (nSPS) is 22.0. The molecular weight excluding hydrogens is 266 g/mol. The maximum Gasteiger partial charge on any atom is 0.205 e. The predicted molar refractivity (Wildman–Crippen MR) is 79.0 cm³/mol.